The summed E-state index contributed by atoms with van der Waals surface area (Å²) in [5, 5.41) is -0.361. The van der Waals surface area contributed by atoms with E-state index in [-0.39, 0.29) is 5.24 Å². The molecule has 0 radical (unpaired) electrons. The van der Waals surface area contributed by atoms with Gasteiger partial charge in [-0.05, 0) is 11.6 Å². The van der Waals surface area contributed by atoms with Crippen molar-refractivity contribution in [1.82, 2.24) is 0 Å². The van der Waals surface area contributed by atoms with Crippen LogP contribution in [0.1, 0.15) is 13.3 Å². The standard InChI is InChI=1S/C3H4F3NO.C2H3ClO/c4-3(5,6)1-2(7)8;1-2(3)4/h1H2,(H2,7,8);1H3. The van der Waals surface area contributed by atoms with Gasteiger partial charge in [0.05, 0.1) is 0 Å². The molecule has 1 amide bonds. The molecule has 0 fully saturated rings. The largest absolute Gasteiger partial charge is 0.397 e. The Morgan fingerprint density at radius 3 is 1.67 bits per heavy atom. The molecule has 12 heavy (non-hydrogen) atoms. The summed E-state index contributed by atoms with van der Waals surface area (Å²) in [6.07, 6.45) is -5.99. The average molecular weight is 206 g/mol. The molecule has 0 bridgehead atoms. The van der Waals surface area contributed by atoms with Gasteiger partial charge in [0, 0.05) is 6.92 Å². The molecule has 0 aromatic rings. The van der Waals surface area contributed by atoms with Gasteiger partial charge in [-0.25, -0.2) is 0 Å². The van der Waals surface area contributed by atoms with E-state index in [0.29, 0.717) is 0 Å². The Bertz CT molecular complexity index is 165. The third-order valence-corrected chi connectivity index (χ3v) is 0.375. The van der Waals surface area contributed by atoms with Gasteiger partial charge >= 0.3 is 6.18 Å². The first-order valence-corrected chi connectivity index (χ1v) is 3.04. The van der Waals surface area contributed by atoms with E-state index in [0.717, 1.165) is 0 Å². The van der Waals surface area contributed by atoms with Crippen molar-refractivity contribution in [2.24, 2.45) is 5.73 Å². The van der Waals surface area contributed by atoms with E-state index in [9.17, 15) is 22.8 Å². The lowest BCUT2D eigenvalue weighted by Gasteiger charge is -1.99. The van der Waals surface area contributed by atoms with Crippen LogP contribution in [0.2, 0.25) is 0 Å². The van der Waals surface area contributed by atoms with Crippen molar-refractivity contribution in [3.05, 3.63) is 0 Å². The average Bonchev–Trinajstić information content (AvgIpc) is 1.52. The zero-order valence-corrected chi connectivity index (χ0v) is 6.87. The van der Waals surface area contributed by atoms with E-state index in [1.165, 1.54) is 6.92 Å². The molecule has 3 nitrogen and oxygen atoms in total. The van der Waals surface area contributed by atoms with Crippen molar-refractivity contribution >= 4 is 22.8 Å². The van der Waals surface area contributed by atoms with Gasteiger partial charge in [-0.15, -0.1) is 0 Å². The molecule has 72 valence electrons. The molecule has 0 aromatic carbocycles. The SMILES string of the molecule is CC(=O)Cl.NC(=O)CC(F)(F)F. The van der Waals surface area contributed by atoms with Gasteiger partial charge in [0.25, 0.3) is 0 Å². The molecular weight excluding hydrogens is 199 g/mol. The molecule has 0 aromatic heterocycles. The van der Waals surface area contributed by atoms with Crippen molar-refractivity contribution in [2.45, 2.75) is 19.5 Å². The number of primary amides is 1. The normalized spacial score (nSPS) is 9.75. The third kappa shape index (κ3) is 35.0. The summed E-state index contributed by atoms with van der Waals surface area (Å²) in [6.45, 7) is 1.29. The lowest BCUT2D eigenvalue weighted by Crippen LogP contribution is -2.21. The summed E-state index contributed by atoms with van der Waals surface area (Å²) in [6, 6.07) is 0. The highest BCUT2D eigenvalue weighted by atomic mass is 35.5. The lowest BCUT2D eigenvalue weighted by molar-refractivity contribution is -0.151. The van der Waals surface area contributed by atoms with Crippen LogP contribution in [-0.4, -0.2) is 17.3 Å². The first-order valence-electron chi connectivity index (χ1n) is 2.66. The summed E-state index contributed by atoms with van der Waals surface area (Å²) in [5.74, 6) is -1.35. The molecule has 0 atom stereocenters. The topological polar surface area (TPSA) is 60.2 Å². The zero-order valence-electron chi connectivity index (χ0n) is 6.11. The number of amides is 1. The van der Waals surface area contributed by atoms with Crippen molar-refractivity contribution in [2.75, 3.05) is 0 Å². The maximum absolute atomic E-state index is 11.0. The van der Waals surface area contributed by atoms with Crippen LogP contribution in [0.4, 0.5) is 13.2 Å². The smallest absolute Gasteiger partial charge is 0.369 e. The van der Waals surface area contributed by atoms with E-state index >= 15 is 0 Å². The molecule has 0 unspecified atom stereocenters. The maximum atomic E-state index is 11.0. The third-order valence-electron chi connectivity index (χ3n) is 0.375. The molecule has 0 aliphatic rings. The fourth-order valence-corrected chi connectivity index (χ4v) is 0.198. The van der Waals surface area contributed by atoms with Gasteiger partial charge in [0.1, 0.15) is 6.42 Å². The van der Waals surface area contributed by atoms with E-state index in [4.69, 9.17) is 0 Å². The molecule has 0 spiro atoms. The van der Waals surface area contributed by atoms with Crippen molar-refractivity contribution in [3.8, 4) is 0 Å². The van der Waals surface area contributed by atoms with Crippen LogP contribution >= 0.6 is 11.6 Å². The minimum absolute atomic E-state index is 0.361. The predicted molar refractivity (Wildman–Crippen MR) is 36.4 cm³/mol. The Hall–Kier alpha value is -0.780. The quantitative estimate of drug-likeness (QED) is 0.654. The van der Waals surface area contributed by atoms with E-state index in [2.05, 4.69) is 17.3 Å². The summed E-state index contributed by atoms with van der Waals surface area (Å²) in [7, 11) is 0. The van der Waals surface area contributed by atoms with Gasteiger partial charge < -0.3 is 5.73 Å². The Morgan fingerprint density at radius 2 is 1.67 bits per heavy atom. The number of carbonyl (C=O) groups excluding carboxylic acids is 2. The van der Waals surface area contributed by atoms with Crippen molar-refractivity contribution in [1.29, 1.82) is 0 Å². The first kappa shape index (κ1) is 13.8. The van der Waals surface area contributed by atoms with Crippen LogP contribution in [0, 0.1) is 0 Å². The Kier molecular flexibility index (Phi) is 6.68. The number of alkyl halides is 3. The number of nitrogens with two attached hydrogens (primary N) is 1. The fourth-order valence-electron chi connectivity index (χ4n) is 0.198. The highest BCUT2D eigenvalue weighted by Crippen LogP contribution is 2.17. The minimum atomic E-state index is -4.45. The molecule has 0 heterocycles. The van der Waals surface area contributed by atoms with Crippen LogP contribution in [0.5, 0.6) is 0 Å². The first-order chi connectivity index (χ1) is 5.15. The van der Waals surface area contributed by atoms with Crippen molar-refractivity contribution < 1.29 is 22.8 Å². The second-order valence-electron chi connectivity index (χ2n) is 1.73. The highest BCUT2D eigenvalue weighted by molar-refractivity contribution is 6.62. The van der Waals surface area contributed by atoms with E-state index in [1.807, 2.05) is 0 Å². The summed E-state index contributed by atoms with van der Waals surface area (Å²) in [4.78, 5) is 18.7. The zero-order chi connectivity index (χ0) is 10.4. The van der Waals surface area contributed by atoms with Crippen LogP contribution in [-0.2, 0) is 9.59 Å². The Labute approximate surface area is 71.7 Å². The number of hydrogen-bond acceptors (Lipinski definition) is 2. The highest BCUT2D eigenvalue weighted by Gasteiger charge is 2.29. The van der Waals surface area contributed by atoms with Gasteiger partial charge in [-0.1, -0.05) is 0 Å². The molecule has 0 aliphatic carbocycles. The van der Waals surface area contributed by atoms with Crippen LogP contribution in [0.15, 0.2) is 0 Å². The Morgan fingerprint density at radius 1 is 1.42 bits per heavy atom. The summed E-state index contributed by atoms with van der Waals surface area (Å²) < 4.78 is 33.0. The number of carbonyl (C=O) groups is 2. The molecule has 0 saturated heterocycles. The fraction of sp³-hybridized carbons (Fsp3) is 0.600. The maximum Gasteiger partial charge on any atom is 0.397 e. The second-order valence-corrected chi connectivity index (χ2v) is 2.26. The number of halogens is 4. The molecule has 7 heteroatoms. The number of rotatable bonds is 1. The molecule has 0 aliphatic heterocycles. The summed E-state index contributed by atoms with van der Waals surface area (Å²) >= 11 is 4.64. The van der Waals surface area contributed by atoms with Crippen LogP contribution < -0.4 is 5.73 Å². The van der Waals surface area contributed by atoms with Crippen LogP contribution in [0.3, 0.4) is 0 Å². The van der Waals surface area contributed by atoms with Gasteiger partial charge in [0.2, 0.25) is 11.1 Å². The van der Waals surface area contributed by atoms with E-state index in [1.54, 1.807) is 0 Å². The monoisotopic (exact) mass is 205 g/mol. The van der Waals surface area contributed by atoms with Gasteiger partial charge in [0.15, 0.2) is 0 Å². The number of hydrogen-bond donors (Lipinski definition) is 1. The minimum Gasteiger partial charge on any atom is -0.369 e. The Balaban J connectivity index is 0. The predicted octanol–water partition coefficient (Wildman–Crippen LogP) is 1.20. The summed E-state index contributed by atoms with van der Waals surface area (Å²) in [5.41, 5.74) is 4.22. The molecule has 0 rings (SSSR count). The van der Waals surface area contributed by atoms with Crippen molar-refractivity contribution in [3.63, 3.8) is 0 Å². The van der Waals surface area contributed by atoms with E-state index < -0.39 is 18.5 Å². The molecule has 0 saturated carbocycles. The van der Waals surface area contributed by atoms with Gasteiger partial charge in [-0.2, -0.15) is 13.2 Å². The lowest BCUT2D eigenvalue weighted by atomic mass is 10.4. The van der Waals surface area contributed by atoms with Crippen LogP contribution in [0.25, 0.3) is 0 Å². The van der Waals surface area contributed by atoms with Gasteiger partial charge in [-0.3, -0.25) is 9.59 Å². The second kappa shape index (κ2) is 5.82. The molecule has 2 N–H and O–H groups in total. The molecular formula is C5H7ClF3NO2.